The molecule has 0 saturated carbocycles. The van der Waals surface area contributed by atoms with Gasteiger partial charge in [-0.3, -0.25) is 4.57 Å². The summed E-state index contributed by atoms with van der Waals surface area (Å²) < 4.78 is 12.9. The van der Waals surface area contributed by atoms with Crippen LogP contribution >= 0.6 is 15.9 Å². The van der Waals surface area contributed by atoms with Crippen LogP contribution < -0.4 is 16.1 Å². The molecule has 1 aromatic heterocycles. The molecule has 0 spiro atoms. The molecule has 5 nitrogen and oxygen atoms in total. The van der Waals surface area contributed by atoms with Crippen LogP contribution in [0.2, 0.25) is 0 Å². The highest BCUT2D eigenvalue weighted by atomic mass is 79.9. The quantitative estimate of drug-likeness (QED) is 0.564. The SMILES string of the molecule is Cc1ccc(OCCCCn2c(=O)oc(=O)c3cc(Br)ccc32)cc1C. The van der Waals surface area contributed by atoms with Gasteiger partial charge in [0.05, 0.1) is 17.5 Å². The second kappa shape index (κ2) is 7.91. The molecular formula is C20H20BrNO4. The topological polar surface area (TPSA) is 61.4 Å². The van der Waals surface area contributed by atoms with Crippen molar-refractivity contribution in [2.75, 3.05) is 6.61 Å². The van der Waals surface area contributed by atoms with Crippen LogP contribution in [0.25, 0.3) is 10.9 Å². The first kappa shape index (κ1) is 18.5. The molecule has 26 heavy (non-hydrogen) atoms. The Labute approximate surface area is 159 Å². The molecule has 0 radical (unpaired) electrons. The van der Waals surface area contributed by atoms with E-state index in [9.17, 15) is 9.59 Å². The minimum Gasteiger partial charge on any atom is -0.494 e. The number of rotatable bonds is 6. The van der Waals surface area contributed by atoms with Gasteiger partial charge in [0.25, 0.3) is 0 Å². The summed E-state index contributed by atoms with van der Waals surface area (Å²) in [4.78, 5) is 23.9. The zero-order valence-corrected chi connectivity index (χ0v) is 16.3. The van der Waals surface area contributed by atoms with Gasteiger partial charge < -0.3 is 9.15 Å². The zero-order valence-electron chi connectivity index (χ0n) is 14.8. The fraction of sp³-hybridized carbons (Fsp3) is 0.300. The lowest BCUT2D eigenvalue weighted by molar-refractivity contribution is 0.300. The molecule has 3 rings (SSSR count). The van der Waals surface area contributed by atoms with Gasteiger partial charge in [-0.05, 0) is 68.1 Å². The number of benzene rings is 2. The van der Waals surface area contributed by atoms with Crippen LogP contribution in [-0.2, 0) is 6.54 Å². The van der Waals surface area contributed by atoms with Crippen molar-refractivity contribution in [3.05, 3.63) is 73.0 Å². The highest BCUT2D eigenvalue weighted by Crippen LogP contribution is 2.18. The molecule has 0 aliphatic heterocycles. The Balaban J connectivity index is 1.64. The second-order valence-corrected chi connectivity index (χ2v) is 7.19. The maximum Gasteiger partial charge on any atom is 0.422 e. The largest absolute Gasteiger partial charge is 0.494 e. The summed E-state index contributed by atoms with van der Waals surface area (Å²) in [5.74, 6) is 0.228. The molecule has 1 heterocycles. The predicted octanol–water partition coefficient (Wildman–Crippen LogP) is 4.19. The van der Waals surface area contributed by atoms with E-state index in [2.05, 4.69) is 29.8 Å². The van der Waals surface area contributed by atoms with Crippen molar-refractivity contribution in [2.24, 2.45) is 0 Å². The number of fused-ring (bicyclic) bond motifs is 1. The van der Waals surface area contributed by atoms with E-state index >= 15 is 0 Å². The van der Waals surface area contributed by atoms with Crippen LogP contribution in [0.5, 0.6) is 5.75 Å². The van der Waals surface area contributed by atoms with Gasteiger partial charge in [0.2, 0.25) is 0 Å². The summed E-state index contributed by atoms with van der Waals surface area (Å²) in [5.41, 5.74) is 2.41. The molecule has 0 atom stereocenters. The molecule has 0 bridgehead atoms. The van der Waals surface area contributed by atoms with Crippen molar-refractivity contribution in [2.45, 2.75) is 33.2 Å². The number of aryl methyl sites for hydroxylation is 3. The molecule has 0 aliphatic carbocycles. The first-order chi connectivity index (χ1) is 12.5. The highest BCUT2D eigenvalue weighted by Gasteiger charge is 2.09. The summed E-state index contributed by atoms with van der Waals surface area (Å²) in [6.45, 7) is 5.16. The number of unbranched alkanes of at least 4 members (excludes halogenated alkanes) is 1. The molecule has 2 aromatic carbocycles. The van der Waals surface area contributed by atoms with E-state index in [0.717, 1.165) is 23.1 Å². The van der Waals surface area contributed by atoms with Gasteiger partial charge in [-0.15, -0.1) is 0 Å². The summed E-state index contributed by atoms with van der Waals surface area (Å²) in [6.07, 6.45) is 1.53. The van der Waals surface area contributed by atoms with Gasteiger partial charge in [0.1, 0.15) is 5.75 Å². The van der Waals surface area contributed by atoms with Gasteiger partial charge >= 0.3 is 11.4 Å². The molecule has 136 valence electrons. The smallest absolute Gasteiger partial charge is 0.422 e. The third-order valence-corrected chi connectivity index (χ3v) is 4.89. The van der Waals surface area contributed by atoms with E-state index in [4.69, 9.17) is 9.15 Å². The van der Waals surface area contributed by atoms with Crippen LogP contribution in [0, 0.1) is 13.8 Å². The molecular weight excluding hydrogens is 398 g/mol. The van der Waals surface area contributed by atoms with Crippen molar-refractivity contribution in [3.63, 3.8) is 0 Å². The average Bonchev–Trinajstić information content (AvgIpc) is 2.60. The lowest BCUT2D eigenvalue weighted by Gasteiger charge is -2.10. The summed E-state index contributed by atoms with van der Waals surface area (Å²) >= 11 is 3.33. The van der Waals surface area contributed by atoms with Crippen molar-refractivity contribution in [1.29, 1.82) is 0 Å². The Hall–Kier alpha value is -2.34. The molecule has 0 unspecified atom stereocenters. The Morgan fingerprint density at radius 1 is 1.04 bits per heavy atom. The normalized spacial score (nSPS) is 11.0. The van der Waals surface area contributed by atoms with E-state index in [1.165, 1.54) is 15.7 Å². The number of hydrogen-bond donors (Lipinski definition) is 0. The first-order valence-electron chi connectivity index (χ1n) is 8.49. The third-order valence-electron chi connectivity index (χ3n) is 4.39. The zero-order chi connectivity index (χ0) is 18.7. The fourth-order valence-corrected chi connectivity index (χ4v) is 3.13. The van der Waals surface area contributed by atoms with Crippen LogP contribution in [-0.4, -0.2) is 11.2 Å². The lowest BCUT2D eigenvalue weighted by atomic mass is 10.1. The van der Waals surface area contributed by atoms with Crippen LogP contribution in [0.15, 0.2) is 54.9 Å². The van der Waals surface area contributed by atoms with E-state index in [1.54, 1.807) is 18.2 Å². The average molecular weight is 418 g/mol. The van der Waals surface area contributed by atoms with Crippen molar-refractivity contribution >= 4 is 26.8 Å². The number of aromatic nitrogens is 1. The first-order valence-corrected chi connectivity index (χ1v) is 9.28. The highest BCUT2D eigenvalue weighted by molar-refractivity contribution is 9.10. The van der Waals surface area contributed by atoms with E-state index < -0.39 is 11.4 Å². The van der Waals surface area contributed by atoms with Crippen molar-refractivity contribution in [3.8, 4) is 5.75 Å². The molecule has 0 aliphatic rings. The molecule has 0 N–H and O–H groups in total. The molecule has 0 amide bonds. The van der Waals surface area contributed by atoms with Gasteiger partial charge in [0.15, 0.2) is 0 Å². The molecule has 0 fully saturated rings. The second-order valence-electron chi connectivity index (χ2n) is 6.27. The minimum atomic E-state index is -0.625. The van der Waals surface area contributed by atoms with Crippen molar-refractivity contribution in [1.82, 2.24) is 4.57 Å². The Kier molecular flexibility index (Phi) is 5.61. The minimum absolute atomic E-state index is 0.394. The predicted molar refractivity (Wildman–Crippen MR) is 105 cm³/mol. The van der Waals surface area contributed by atoms with Crippen LogP contribution in [0.3, 0.4) is 0 Å². The van der Waals surface area contributed by atoms with Gasteiger partial charge in [-0.25, -0.2) is 9.59 Å². The molecule has 0 saturated heterocycles. The standard InChI is InChI=1S/C20H20BrNO4/c1-13-5-7-16(11-14(13)2)25-10-4-3-9-22-18-8-6-15(21)12-17(18)19(23)26-20(22)24/h5-8,11-12H,3-4,9-10H2,1-2H3. The Morgan fingerprint density at radius 2 is 1.85 bits per heavy atom. The maximum absolute atomic E-state index is 12.0. The number of halogens is 1. The fourth-order valence-electron chi connectivity index (χ4n) is 2.77. The molecule has 6 heteroatoms. The number of nitrogens with zero attached hydrogens (tertiary/aromatic N) is 1. The maximum atomic E-state index is 12.0. The van der Waals surface area contributed by atoms with Crippen molar-refractivity contribution < 1.29 is 9.15 Å². The van der Waals surface area contributed by atoms with Gasteiger partial charge in [0, 0.05) is 11.0 Å². The monoisotopic (exact) mass is 417 g/mol. The Bertz CT molecular complexity index is 1050. The van der Waals surface area contributed by atoms with E-state index in [0.29, 0.717) is 24.1 Å². The van der Waals surface area contributed by atoms with Gasteiger partial charge in [-0.2, -0.15) is 0 Å². The Morgan fingerprint density at radius 3 is 2.62 bits per heavy atom. The number of ether oxygens (including phenoxy) is 1. The van der Waals surface area contributed by atoms with Crippen LogP contribution in [0.4, 0.5) is 0 Å². The third kappa shape index (κ3) is 4.07. The molecule has 3 aromatic rings. The van der Waals surface area contributed by atoms with Gasteiger partial charge in [-0.1, -0.05) is 22.0 Å². The lowest BCUT2D eigenvalue weighted by Crippen LogP contribution is -2.25. The van der Waals surface area contributed by atoms with Crippen LogP contribution in [0.1, 0.15) is 24.0 Å². The van der Waals surface area contributed by atoms with E-state index in [-0.39, 0.29) is 0 Å². The summed E-state index contributed by atoms with van der Waals surface area (Å²) in [6, 6.07) is 11.3. The summed E-state index contributed by atoms with van der Waals surface area (Å²) in [5, 5.41) is 0.394. The number of hydrogen-bond acceptors (Lipinski definition) is 4. The summed E-state index contributed by atoms with van der Waals surface area (Å²) in [7, 11) is 0. The van der Waals surface area contributed by atoms with E-state index in [1.807, 2.05) is 18.2 Å².